The predicted molar refractivity (Wildman–Crippen MR) is 114 cm³/mol. The van der Waals surface area contributed by atoms with Crippen LogP contribution in [0.1, 0.15) is 47.1 Å². The smallest absolute Gasteiger partial charge is 0.235 e. The van der Waals surface area contributed by atoms with Crippen LogP contribution in [0.4, 0.5) is 11.5 Å². The van der Waals surface area contributed by atoms with E-state index in [-0.39, 0.29) is 5.92 Å². The molecule has 152 valence electrons. The number of carbonyl (C=O) groups is 1. The van der Waals surface area contributed by atoms with Gasteiger partial charge in [-0.05, 0) is 36.3 Å². The number of nitriles is 1. The molecule has 0 bridgehead atoms. The molecular weight excluding hydrogens is 398 g/mol. The van der Waals surface area contributed by atoms with Crippen molar-refractivity contribution in [2.45, 2.75) is 41.6 Å². The second kappa shape index (κ2) is 8.35. The van der Waals surface area contributed by atoms with E-state index in [0.29, 0.717) is 41.6 Å². The van der Waals surface area contributed by atoms with Crippen LogP contribution in [-0.4, -0.2) is 35.2 Å². The summed E-state index contributed by atoms with van der Waals surface area (Å²) < 4.78 is 0. The number of carbonyl (C=O) groups excluding carboxylic acids is 1. The second-order valence-electron chi connectivity index (χ2n) is 7.58. The molecule has 1 aromatic heterocycles. The fourth-order valence-corrected chi connectivity index (χ4v) is 4.86. The van der Waals surface area contributed by atoms with Crippen LogP contribution in [0.15, 0.2) is 35.4 Å². The summed E-state index contributed by atoms with van der Waals surface area (Å²) in [4.78, 5) is 22.6. The van der Waals surface area contributed by atoms with Gasteiger partial charge in [0, 0.05) is 13.1 Å². The van der Waals surface area contributed by atoms with Gasteiger partial charge in [-0.15, -0.1) is 0 Å². The van der Waals surface area contributed by atoms with Crippen molar-refractivity contribution in [2.24, 2.45) is 5.73 Å². The number of amides is 1. The molecule has 2 heterocycles. The van der Waals surface area contributed by atoms with Gasteiger partial charge in [0.05, 0.1) is 18.2 Å². The number of pyridine rings is 1. The molecule has 0 radical (unpaired) electrons. The molecule has 3 N–H and O–H groups in total. The standard InChI is InChI=1S/C22H21N5O2S/c1-25-18-17(13-7-8-13)16(11-23)22(26-21(18)27-10-9-15(28)12-27)30-19(20(24)29)14-5-3-2-4-6-14/h2-6,13,15,19,28H,7-10,12H2,(H2,24,29). The van der Waals surface area contributed by atoms with E-state index in [4.69, 9.17) is 12.3 Å². The number of aliphatic hydroxyl groups excluding tert-OH is 1. The van der Waals surface area contributed by atoms with Crippen molar-refractivity contribution >= 4 is 29.2 Å². The fraction of sp³-hybridized carbons (Fsp3) is 0.364. The topological polar surface area (TPSA) is 108 Å². The number of thioether (sulfide) groups is 1. The van der Waals surface area contributed by atoms with Crippen LogP contribution in [0.2, 0.25) is 0 Å². The Bertz CT molecular complexity index is 1060. The third-order valence-corrected chi connectivity index (χ3v) is 6.68. The average molecular weight is 420 g/mol. The maximum atomic E-state index is 12.2. The molecule has 1 amide bonds. The number of primary amides is 1. The van der Waals surface area contributed by atoms with Gasteiger partial charge in [0.15, 0.2) is 0 Å². The Morgan fingerprint density at radius 2 is 2.10 bits per heavy atom. The van der Waals surface area contributed by atoms with E-state index in [1.54, 1.807) is 0 Å². The van der Waals surface area contributed by atoms with Gasteiger partial charge >= 0.3 is 0 Å². The largest absolute Gasteiger partial charge is 0.391 e. The fourth-order valence-electron chi connectivity index (χ4n) is 3.82. The number of β-amino-alcohol motifs (C(OH)–C–C–N with tert-alkyl or cyclic N) is 1. The third-order valence-electron chi connectivity index (χ3n) is 5.42. The number of benzene rings is 1. The van der Waals surface area contributed by atoms with Crippen molar-refractivity contribution in [3.05, 3.63) is 58.4 Å². The number of rotatable bonds is 6. The number of hydrogen-bond donors (Lipinski definition) is 2. The van der Waals surface area contributed by atoms with Crippen LogP contribution in [0.3, 0.4) is 0 Å². The van der Waals surface area contributed by atoms with Gasteiger partial charge in [0.1, 0.15) is 22.2 Å². The van der Waals surface area contributed by atoms with E-state index >= 15 is 0 Å². The number of nitrogens with zero attached hydrogens (tertiary/aromatic N) is 4. The number of aromatic nitrogens is 1. The molecule has 1 saturated heterocycles. The minimum atomic E-state index is -0.700. The first-order valence-electron chi connectivity index (χ1n) is 9.82. The van der Waals surface area contributed by atoms with Crippen LogP contribution in [-0.2, 0) is 4.79 Å². The van der Waals surface area contributed by atoms with E-state index in [2.05, 4.69) is 15.9 Å². The lowest BCUT2D eigenvalue weighted by Gasteiger charge is -2.23. The Balaban J connectivity index is 1.84. The highest BCUT2D eigenvalue weighted by Crippen LogP contribution is 2.51. The average Bonchev–Trinajstić information content (AvgIpc) is 3.51. The first kappa shape index (κ1) is 20.2. The minimum Gasteiger partial charge on any atom is -0.391 e. The molecule has 2 aliphatic rings. The lowest BCUT2D eigenvalue weighted by Crippen LogP contribution is -2.23. The first-order valence-corrected chi connectivity index (χ1v) is 10.7. The highest BCUT2D eigenvalue weighted by atomic mass is 32.2. The molecule has 1 aliphatic carbocycles. The molecule has 30 heavy (non-hydrogen) atoms. The van der Waals surface area contributed by atoms with E-state index < -0.39 is 17.3 Å². The normalized spacial score (nSPS) is 19.2. The van der Waals surface area contributed by atoms with Crippen LogP contribution in [0, 0.1) is 17.9 Å². The van der Waals surface area contributed by atoms with E-state index in [1.807, 2.05) is 35.2 Å². The van der Waals surface area contributed by atoms with Gasteiger partial charge in [0.2, 0.25) is 11.6 Å². The Labute approximate surface area is 179 Å². The van der Waals surface area contributed by atoms with Crippen LogP contribution in [0.5, 0.6) is 0 Å². The van der Waals surface area contributed by atoms with E-state index in [1.165, 1.54) is 0 Å². The molecule has 2 aromatic rings. The van der Waals surface area contributed by atoms with Crippen molar-refractivity contribution in [2.75, 3.05) is 18.0 Å². The lowest BCUT2D eigenvalue weighted by atomic mass is 10.0. The van der Waals surface area contributed by atoms with Crippen LogP contribution in [0.25, 0.3) is 4.85 Å². The Morgan fingerprint density at radius 3 is 2.63 bits per heavy atom. The van der Waals surface area contributed by atoms with Crippen LogP contribution >= 0.6 is 11.8 Å². The maximum absolute atomic E-state index is 12.2. The lowest BCUT2D eigenvalue weighted by molar-refractivity contribution is -0.117. The zero-order valence-corrected chi connectivity index (χ0v) is 17.1. The summed E-state index contributed by atoms with van der Waals surface area (Å²) in [5, 5.41) is 19.6. The molecule has 7 nitrogen and oxygen atoms in total. The third kappa shape index (κ3) is 3.85. The van der Waals surface area contributed by atoms with Gasteiger partial charge in [0.25, 0.3) is 0 Å². The predicted octanol–water partition coefficient (Wildman–Crippen LogP) is 3.27. The molecular formula is C22H21N5O2S. The maximum Gasteiger partial charge on any atom is 0.235 e. The summed E-state index contributed by atoms with van der Waals surface area (Å²) in [6.45, 7) is 8.74. The van der Waals surface area contributed by atoms with Gasteiger partial charge in [-0.1, -0.05) is 42.1 Å². The van der Waals surface area contributed by atoms with Crippen molar-refractivity contribution < 1.29 is 9.90 Å². The van der Waals surface area contributed by atoms with Gasteiger partial charge in [-0.25, -0.2) is 9.83 Å². The molecule has 2 unspecified atom stereocenters. The highest BCUT2D eigenvalue weighted by Gasteiger charge is 2.36. The van der Waals surface area contributed by atoms with E-state index in [0.717, 1.165) is 35.7 Å². The van der Waals surface area contributed by atoms with Gasteiger partial charge in [-0.3, -0.25) is 4.79 Å². The quantitative estimate of drug-likeness (QED) is 0.550. The molecule has 4 rings (SSSR count). The van der Waals surface area contributed by atoms with Crippen LogP contribution < -0.4 is 10.6 Å². The Hall–Kier alpha value is -3.07. The summed E-state index contributed by atoms with van der Waals surface area (Å²) in [6, 6.07) is 11.4. The number of aliphatic hydroxyl groups is 1. The molecule has 8 heteroatoms. The zero-order valence-electron chi connectivity index (χ0n) is 16.3. The van der Waals surface area contributed by atoms with Crippen molar-refractivity contribution in [1.82, 2.24) is 4.98 Å². The second-order valence-corrected chi connectivity index (χ2v) is 8.67. The first-order chi connectivity index (χ1) is 14.5. The SMILES string of the molecule is [C-]#[N+]c1c(N2CCC(O)C2)nc(SC(C(N)=O)c2ccccc2)c(C#N)c1C1CC1. The zero-order chi connectivity index (χ0) is 21.3. The number of nitrogens with two attached hydrogens (primary N) is 1. The van der Waals surface area contributed by atoms with Gasteiger partial charge in [-0.2, -0.15) is 5.26 Å². The summed E-state index contributed by atoms with van der Waals surface area (Å²) in [6.07, 6.45) is 1.98. The molecule has 1 aromatic carbocycles. The van der Waals surface area contributed by atoms with Gasteiger partial charge < -0.3 is 15.7 Å². The summed E-state index contributed by atoms with van der Waals surface area (Å²) in [5.41, 5.74) is 7.90. The molecule has 1 aliphatic heterocycles. The highest BCUT2D eigenvalue weighted by molar-refractivity contribution is 8.00. The van der Waals surface area contributed by atoms with E-state index in [9.17, 15) is 15.2 Å². The van der Waals surface area contributed by atoms with Crippen molar-refractivity contribution in [3.63, 3.8) is 0 Å². The molecule has 1 saturated carbocycles. The minimum absolute atomic E-state index is 0.154. The summed E-state index contributed by atoms with van der Waals surface area (Å²) in [5.74, 6) is 0.125. The molecule has 0 spiro atoms. The summed E-state index contributed by atoms with van der Waals surface area (Å²) in [7, 11) is 0. The Kier molecular flexibility index (Phi) is 5.63. The molecule has 2 fully saturated rings. The number of anilines is 1. The number of hydrogen-bond acceptors (Lipinski definition) is 6. The van der Waals surface area contributed by atoms with Crippen molar-refractivity contribution in [3.8, 4) is 6.07 Å². The molecule has 2 atom stereocenters. The Morgan fingerprint density at radius 1 is 1.37 bits per heavy atom. The van der Waals surface area contributed by atoms with Crippen molar-refractivity contribution in [1.29, 1.82) is 5.26 Å². The summed E-state index contributed by atoms with van der Waals surface area (Å²) >= 11 is 1.15. The monoisotopic (exact) mass is 419 g/mol.